The van der Waals surface area contributed by atoms with Crippen LogP contribution in [-0.2, 0) is 23.8 Å². The van der Waals surface area contributed by atoms with Gasteiger partial charge >= 0.3 is 11.9 Å². The summed E-state index contributed by atoms with van der Waals surface area (Å²) in [5.41, 5.74) is 0. The van der Waals surface area contributed by atoms with Crippen molar-refractivity contribution < 1.29 is 23.8 Å². The third kappa shape index (κ3) is 7.74. The lowest BCUT2D eigenvalue weighted by atomic mass is 10.2. The first-order valence-corrected chi connectivity index (χ1v) is 6.09. The van der Waals surface area contributed by atoms with Crippen molar-refractivity contribution >= 4 is 11.9 Å². The fourth-order valence-electron chi connectivity index (χ4n) is 1.25. The molecule has 0 aliphatic heterocycles. The van der Waals surface area contributed by atoms with Gasteiger partial charge in [0.1, 0.15) is 0 Å². The molecule has 0 spiro atoms. The number of hydrogen-bond donors (Lipinski definition) is 0. The van der Waals surface area contributed by atoms with Gasteiger partial charge in [-0.2, -0.15) is 0 Å². The average Bonchev–Trinajstić information content (AvgIpc) is 2.29. The summed E-state index contributed by atoms with van der Waals surface area (Å²) in [5, 5.41) is 0. The minimum atomic E-state index is -0.667. The first-order chi connectivity index (χ1) is 8.15. The van der Waals surface area contributed by atoms with E-state index in [2.05, 4.69) is 0 Å². The third-order valence-corrected chi connectivity index (χ3v) is 1.99. The first-order valence-electron chi connectivity index (χ1n) is 6.09. The number of ether oxygens (including phenoxy) is 3. The summed E-state index contributed by atoms with van der Waals surface area (Å²) in [5.74, 6) is -0.729. The lowest BCUT2D eigenvalue weighted by molar-refractivity contribution is -0.158. The van der Waals surface area contributed by atoms with E-state index in [0.717, 1.165) is 6.42 Å². The van der Waals surface area contributed by atoms with Crippen molar-refractivity contribution in [3.8, 4) is 0 Å². The molecule has 0 fully saturated rings. The Hall–Kier alpha value is -1.10. The lowest BCUT2D eigenvalue weighted by Gasteiger charge is -2.15. The second-order valence-corrected chi connectivity index (χ2v) is 3.46. The van der Waals surface area contributed by atoms with E-state index >= 15 is 0 Å². The quantitative estimate of drug-likeness (QED) is 0.579. The van der Waals surface area contributed by atoms with Crippen LogP contribution >= 0.6 is 0 Å². The average molecular weight is 246 g/mol. The molecule has 0 aromatic carbocycles. The molecule has 17 heavy (non-hydrogen) atoms. The Bertz CT molecular complexity index is 227. The maximum absolute atomic E-state index is 11.5. The molecule has 0 bridgehead atoms. The van der Waals surface area contributed by atoms with E-state index in [-0.39, 0.29) is 12.4 Å². The molecule has 1 atom stereocenters. The topological polar surface area (TPSA) is 61.8 Å². The summed E-state index contributed by atoms with van der Waals surface area (Å²) in [6.45, 7) is 6.57. The van der Waals surface area contributed by atoms with E-state index in [0.29, 0.717) is 26.2 Å². The molecular weight excluding hydrogens is 224 g/mol. The Labute approximate surface area is 102 Å². The van der Waals surface area contributed by atoms with Gasteiger partial charge in [0.25, 0.3) is 0 Å². The Kier molecular flexibility index (Phi) is 9.43. The summed E-state index contributed by atoms with van der Waals surface area (Å²) in [6, 6.07) is 0. The number of hydrogen-bond acceptors (Lipinski definition) is 5. The Morgan fingerprint density at radius 1 is 1.06 bits per heavy atom. The second kappa shape index (κ2) is 10.1. The van der Waals surface area contributed by atoms with Crippen molar-refractivity contribution in [2.45, 2.75) is 46.1 Å². The zero-order valence-electron chi connectivity index (χ0n) is 10.9. The normalized spacial score (nSPS) is 11.9. The molecule has 0 saturated heterocycles. The van der Waals surface area contributed by atoms with Gasteiger partial charge in [-0.25, -0.2) is 4.79 Å². The maximum atomic E-state index is 11.5. The van der Waals surface area contributed by atoms with Gasteiger partial charge in [0.2, 0.25) is 0 Å². The highest BCUT2D eigenvalue weighted by molar-refractivity contribution is 5.76. The van der Waals surface area contributed by atoms with Crippen molar-refractivity contribution in [1.29, 1.82) is 0 Å². The predicted molar refractivity (Wildman–Crippen MR) is 62.5 cm³/mol. The first kappa shape index (κ1) is 15.9. The van der Waals surface area contributed by atoms with Crippen LogP contribution in [0.1, 0.15) is 40.0 Å². The van der Waals surface area contributed by atoms with Gasteiger partial charge in [0, 0.05) is 13.0 Å². The molecular formula is C12H22O5. The summed E-state index contributed by atoms with van der Waals surface area (Å²) in [4.78, 5) is 22.7. The van der Waals surface area contributed by atoms with Crippen molar-refractivity contribution in [3.63, 3.8) is 0 Å². The molecule has 0 saturated carbocycles. The van der Waals surface area contributed by atoms with Crippen LogP contribution in [-0.4, -0.2) is 37.9 Å². The molecule has 0 rings (SSSR count). The van der Waals surface area contributed by atoms with E-state index in [1.54, 1.807) is 13.8 Å². The number of rotatable bonds is 9. The second-order valence-electron chi connectivity index (χ2n) is 3.46. The molecule has 0 N–H and O–H groups in total. The lowest BCUT2D eigenvalue weighted by Crippen LogP contribution is -2.28. The molecule has 100 valence electrons. The molecule has 0 aromatic heterocycles. The fraction of sp³-hybridized carbons (Fsp3) is 0.833. The van der Waals surface area contributed by atoms with E-state index in [1.165, 1.54) is 0 Å². The molecule has 0 aliphatic rings. The van der Waals surface area contributed by atoms with Crippen LogP contribution in [0.2, 0.25) is 0 Å². The number of carbonyl (C=O) groups excluding carboxylic acids is 2. The van der Waals surface area contributed by atoms with E-state index in [1.807, 2.05) is 6.92 Å². The Balaban J connectivity index is 4.08. The van der Waals surface area contributed by atoms with Crippen molar-refractivity contribution in [1.82, 2.24) is 0 Å². The largest absolute Gasteiger partial charge is 0.466 e. The standard InChI is InChI=1S/C12H22O5/c1-4-9-17-10(12(14)16-6-3)7-8-11(13)15-5-2/h10H,4-9H2,1-3H3. The summed E-state index contributed by atoms with van der Waals surface area (Å²) >= 11 is 0. The third-order valence-electron chi connectivity index (χ3n) is 1.99. The molecule has 0 radical (unpaired) electrons. The minimum Gasteiger partial charge on any atom is -0.466 e. The minimum absolute atomic E-state index is 0.168. The van der Waals surface area contributed by atoms with Crippen LogP contribution in [0.5, 0.6) is 0 Å². The molecule has 0 aliphatic carbocycles. The highest BCUT2D eigenvalue weighted by Crippen LogP contribution is 2.07. The van der Waals surface area contributed by atoms with Crippen LogP contribution in [0.25, 0.3) is 0 Å². The van der Waals surface area contributed by atoms with Gasteiger partial charge in [-0.05, 0) is 26.7 Å². The van der Waals surface area contributed by atoms with Crippen LogP contribution < -0.4 is 0 Å². The Morgan fingerprint density at radius 3 is 2.24 bits per heavy atom. The summed E-state index contributed by atoms with van der Waals surface area (Å²) in [7, 11) is 0. The van der Waals surface area contributed by atoms with Crippen LogP contribution in [0.4, 0.5) is 0 Å². The highest BCUT2D eigenvalue weighted by Gasteiger charge is 2.21. The molecule has 1 unspecified atom stereocenters. The monoisotopic (exact) mass is 246 g/mol. The van der Waals surface area contributed by atoms with Gasteiger partial charge in [0.15, 0.2) is 6.10 Å². The molecule has 0 heterocycles. The van der Waals surface area contributed by atoms with E-state index < -0.39 is 12.1 Å². The maximum Gasteiger partial charge on any atom is 0.335 e. The zero-order valence-corrected chi connectivity index (χ0v) is 10.9. The van der Waals surface area contributed by atoms with Crippen molar-refractivity contribution in [2.75, 3.05) is 19.8 Å². The smallest absolute Gasteiger partial charge is 0.335 e. The molecule has 5 nitrogen and oxygen atoms in total. The number of esters is 2. The Morgan fingerprint density at radius 2 is 1.71 bits per heavy atom. The zero-order chi connectivity index (χ0) is 13.1. The fourth-order valence-corrected chi connectivity index (χ4v) is 1.25. The van der Waals surface area contributed by atoms with Crippen LogP contribution in [0.3, 0.4) is 0 Å². The SMILES string of the molecule is CCCOC(CCC(=O)OCC)C(=O)OCC. The van der Waals surface area contributed by atoms with E-state index in [9.17, 15) is 9.59 Å². The van der Waals surface area contributed by atoms with Crippen molar-refractivity contribution in [2.24, 2.45) is 0 Å². The van der Waals surface area contributed by atoms with Crippen LogP contribution in [0, 0.1) is 0 Å². The van der Waals surface area contributed by atoms with E-state index in [4.69, 9.17) is 14.2 Å². The van der Waals surface area contributed by atoms with Crippen LogP contribution in [0.15, 0.2) is 0 Å². The van der Waals surface area contributed by atoms with Gasteiger partial charge in [0.05, 0.1) is 13.2 Å². The predicted octanol–water partition coefficient (Wildman–Crippen LogP) is 1.69. The van der Waals surface area contributed by atoms with Gasteiger partial charge in [-0.3, -0.25) is 4.79 Å². The summed E-state index contributed by atoms with van der Waals surface area (Å²) < 4.78 is 15.0. The molecule has 5 heteroatoms. The molecule has 0 aromatic rings. The highest BCUT2D eigenvalue weighted by atomic mass is 16.6. The summed E-state index contributed by atoms with van der Waals surface area (Å²) in [6.07, 6.45) is 0.618. The van der Waals surface area contributed by atoms with Gasteiger partial charge in [-0.1, -0.05) is 6.92 Å². The van der Waals surface area contributed by atoms with Gasteiger partial charge in [-0.15, -0.1) is 0 Å². The number of carbonyl (C=O) groups is 2. The van der Waals surface area contributed by atoms with Gasteiger partial charge < -0.3 is 14.2 Å². The molecule has 0 amide bonds. The van der Waals surface area contributed by atoms with Crippen molar-refractivity contribution in [3.05, 3.63) is 0 Å².